The number of nitrogens with one attached hydrogen (secondary N) is 3. The minimum atomic E-state index is -5.08. The van der Waals surface area contributed by atoms with Gasteiger partial charge in [0.05, 0.1) is 0 Å². The molecule has 6 aromatic carbocycles. The number of alkyl halides is 3. The Morgan fingerprint density at radius 1 is 0.410 bits per heavy atom. The standard InChI is InChI=1S/C58H67N9O9.C2HF3O2/c59-31-4-1-28-56(62,50(71)40-10-7-13-46(68)34-40)53(74)65-43-22-16-37(17-23-43)49(38-18-24-44(25-19-38)66-54(75)57(63,29-2-5-32-60)51(72)41-11-8-14-47(69)35-41)39-20-26-45(27-21-39)67-55(76)58(64,30-3-6-33-61)52(73)42-12-9-15-48(70)36-42;3-2(4,5)1(6)7/h7-27,34-36,49,68-70H,1-6,28-33,59-64H2,(H,65,74)(H,66,75)(H,67,76);(H,6,7)/t56-,57-,58-;/m0./s1. The van der Waals surface area contributed by atoms with Gasteiger partial charge in [0, 0.05) is 39.7 Å². The number of Topliss-reactive ketones (excluding diaryl/α,β-unsaturated/α-hetero) is 3. The monoisotopic (exact) mass is 1150 g/mol. The molecular weight excluding hydrogens is 1080 g/mol. The van der Waals surface area contributed by atoms with Gasteiger partial charge in [-0.25, -0.2) is 4.79 Å². The van der Waals surface area contributed by atoms with Gasteiger partial charge >= 0.3 is 12.1 Å². The zero-order chi connectivity index (χ0) is 61.1. The molecule has 0 aromatic heterocycles. The quantitative estimate of drug-likeness (QED) is 0.0112. The summed E-state index contributed by atoms with van der Waals surface area (Å²) in [5.74, 6) is -8.06. The van der Waals surface area contributed by atoms with E-state index < -0.39 is 69.8 Å². The summed E-state index contributed by atoms with van der Waals surface area (Å²) in [6, 6.07) is 37.5. The van der Waals surface area contributed by atoms with Crippen LogP contribution in [0.15, 0.2) is 146 Å². The van der Waals surface area contributed by atoms with Gasteiger partial charge in [-0.15, -0.1) is 0 Å². The number of aliphatic carboxylic acids is 1. The lowest BCUT2D eigenvalue weighted by Gasteiger charge is -2.28. The highest BCUT2D eigenvalue weighted by Gasteiger charge is 2.45. The number of halogens is 3. The number of unbranched alkanes of at least 4 members (excludes halogenated alkanes) is 3. The van der Waals surface area contributed by atoms with Gasteiger partial charge in [-0.1, -0.05) is 72.8 Å². The van der Waals surface area contributed by atoms with Crippen LogP contribution in [-0.4, -0.2) is 104 Å². The number of benzene rings is 6. The minimum absolute atomic E-state index is 0.0134. The predicted molar refractivity (Wildman–Crippen MR) is 307 cm³/mol. The van der Waals surface area contributed by atoms with Crippen LogP contribution in [0.3, 0.4) is 0 Å². The van der Waals surface area contributed by atoms with Crippen LogP contribution < -0.4 is 50.4 Å². The zero-order valence-corrected chi connectivity index (χ0v) is 45.2. The van der Waals surface area contributed by atoms with Crippen molar-refractivity contribution in [1.29, 1.82) is 0 Å². The highest BCUT2D eigenvalue weighted by Crippen LogP contribution is 2.35. The van der Waals surface area contributed by atoms with E-state index in [1.165, 1.54) is 72.8 Å². The minimum Gasteiger partial charge on any atom is -0.508 e. The molecule has 0 aliphatic carbocycles. The van der Waals surface area contributed by atoms with E-state index >= 15 is 0 Å². The first-order valence-electron chi connectivity index (χ1n) is 26.3. The molecule has 6 rings (SSSR count). The van der Waals surface area contributed by atoms with Gasteiger partial charge in [-0.2, -0.15) is 13.2 Å². The summed E-state index contributed by atoms with van der Waals surface area (Å²) < 4.78 is 31.7. The number of carbonyl (C=O) groups excluding carboxylic acids is 6. The van der Waals surface area contributed by atoms with Crippen LogP contribution in [0.5, 0.6) is 17.2 Å². The summed E-state index contributed by atoms with van der Waals surface area (Å²) in [7, 11) is 0. The second-order valence-electron chi connectivity index (χ2n) is 19.8. The summed E-state index contributed by atoms with van der Waals surface area (Å²) in [6.07, 6.45) is -2.42. The number of carboxylic acids is 1. The van der Waals surface area contributed by atoms with Gasteiger partial charge in [0.2, 0.25) is 0 Å². The summed E-state index contributed by atoms with van der Waals surface area (Å²) in [4.78, 5) is 92.4. The summed E-state index contributed by atoms with van der Waals surface area (Å²) in [6.45, 7) is 0.984. The largest absolute Gasteiger partial charge is 0.508 e. The Bertz CT molecular complexity index is 2920. The lowest BCUT2D eigenvalue weighted by Crippen LogP contribution is -2.57. The van der Waals surface area contributed by atoms with E-state index in [1.54, 1.807) is 72.8 Å². The number of anilines is 3. The third-order valence-electron chi connectivity index (χ3n) is 13.6. The summed E-state index contributed by atoms with van der Waals surface area (Å²) in [5.41, 5.74) is 34.5. The Morgan fingerprint density at radius 2 is 0.651 bits per heavy atom. The molecule has 0 bridgehead atoms. The molecule has 20 nitrogen and oxygen atoms in total. The maximum absolute atomic E-state index is 14.0. The van der Waals surface area contributed by atoms with Crippen molar-refractivity contribution in [3.05, 3.63) is 179 Å². The van der Waals surface area contributed by atoms with E-state index in [2.05, 4.69) is 16.0 Å². The lowest BCUT2D eigenvalue weighted by atomic mass is 9.83. The van der Waals surface area contributed by atoms with E-state index in [1.807, 2.05) is 0 Å². The number of amides is 3. The molecule has 3 amide bonds. The summed E-state index contributed by atoms with van der Waals surface area (Å²) in [5, 5.41) is 45.8. The molecule has 0 saturated heterocycles. The van der Waals surface area contributed by atoms with Crippen molar-refractivity contribution in [2.75, 3.05) is 35.6 Å². The van der Waals surface area contributed by atoms with Gasteiger partial charge in [0.1, 0.15) is 17.2 Å². The van der Waals surface area contributed by atoms with Crippen molar-refractivity contribution in [1.82, 2.24) is 0 Å². The molecule has 0 saturated carbocycles. The van der Waals surface area contributed by atoms with Crippen molar-refractivity contribution >= 4 is 58.1 Å². The number of rotatable bonds is 27. The molecule has 0 unspecified atom stereocenters. The number of ketones is 3. The van der Waals surface area contributed by atoms with Crippen LogP contribution in [0.25, 0.3) is 0 Å². The predicted octanol–water partition coefficient (Wildman–Crippen LogP) is 6.56. The third-order valence-corrected chi connectivity index (χ3v) is 13.6. The molecule has 0 heterocycles. The van der Waals surface area contributed by atoms with E-state index in [9.17, 15) is 57.3 Å². The Kier molecular flexibility index (Phi) is 22.9. The Hall–Kier alpha value is -8.84. The van der Waals surface area contributed by atoms with Crippen molar-refractivity contribution in [2.24, 2.45) is 34.4 Å². The van der Waals surface area contributed by atoms with Crippen LogP contribution in [0.1, 0.15) is 111 Å². The average molecular weight is 1150 g/mol. The SMILES string of the molecule is NCCCC[C@@](N)(C(=O)Nc1ccc(C(c2ccc(NC(=O)[C@](N)(CCCCN)C(=O)c3cccc(O)c3)cc2)c2ccc(NC(=O)[C@](N)(CCCCN)C(=O)c3cccc(O)c3)cc2)cc1)C(=O)c1cccc(O)c1.O=C(O)C(F)(F)F. The third kappa shape index (κ3) is 17.1. The number of carbonyl (C=O) groups is 7. The fourth-order valence-corrected chi connectivity index (χ4v) is 8.93. The molecule has 23 heteroatoms. The fourth-order valence-electron chi connectivity index (χ4n) is 8.93. The average Bonchev–Trinajstić information content (AvgIpc) is 3.32. The van der Waals surface area contributed by atoms with E-state index in [0.717, 1.165) is 16.7 Å². The molecule has 19 N–H and O–H groups in total. The highest BCUT2D eigenvalue weighted by molar-refractivity contribution is 6.23. The van der Waals surface area contributed by atoms with Crippen LogP contribution >= 0.6 is 0 Å². The maximum Gasteiger partial charge on any atom is 0.490 e. The second-order valence-corrected chi connectivity index (χ2v) is 19.8. The van der Waals surface area contributed by atoms with Crippen LogP contribution in [0.4, 0.5) is 30.2 Å². The molecule has 440 valence electrons. The van der Waals surface area contributed by atoms with Gasteiger partial charge < -0.3 is 70.8 Å². The number of hydrogen-bond donors (Lipinski definition) is 13. The van der Waals surface area contributed by atoms with Crippen molar-refractivity contribution < 1.29 is 67.2 Å². The van der Waals surface area contributed by atoms with E-state index in [4.69, 9.17) is 44.3 Å². The molecule has 0 radical (unpaired) electrons. The molecule has 0 spiro atoms. The number of phenolic OH excluding ortho intramolecular Hbond substituents is 3. The molecule has 0 fully saturated rings. The van der Waals surface area contributed by atoms with Gasteiger partial charge in [-0.3, -0.25) is 28.8 Å². The van der Waals surface area contributed by atoms with Crippen molar-refractivity contribution in [2.45, 2.75) is 86.5 Å². The first kappa shape index (κ1) is 65.0. The van der Waals surface area contributed by atoms with Crippen LogP contribution in [-0.2, 0) is 19.2 Å². The summed E-state index contributed by atoms with van der Waals surface area (Å²) >= 11 is 0. The molecule has 0 aliphatic rings. The molecule has 83 heavy (non-hydrogen) atoms. The first-order valence-corrected chi connectivity index (χ1v) is 26.3. The number of aromatic hydroxyl groups is 3. The smallest absolute Gasteiger partial charge is 0.490 e. The fraction of sp³-hybridized carbons (Fsp3) is 0.283. The first-order chi connectivity index (χ1) is 39.3. The Balaban J connectivity index is 0.00000169. The highest BCUT2D eigenvalue weighted by atomic mass is 19.4. The van der Waals surface area contributed by atoms with E-state index in [0.29, 0.717) is 75.2 Å². The number of carboxylic acid groups (broad SMARTS) is 1. The van der Waals surface area contributed by atoms with Crippen LogP contribution in [0.2, 0.25) is 0 Å². The second kappa shape index (κ2) is 29.2. The van der Waals surface area contributed by atoms with Crippen LogP contribution in [0, 0.1) is 0 Å². The van der Waals surface area contributed by atoms with E-state index in [-0.39, 0.29) is 53.2 Å². The maximum atomic E-state index is 14.0. The Morgan fingerprint density at radius 3 is 0.855 bits per heavy atom. The molecule has 6 aromatic rings. The van der Waals surface area contributed by atoms with Crippen molar-refractivity contribution in [3.63, 3.8) is 0 Å². The topological polar surface area (TPSA) is 393 Å². The van der Waals surface area contributed by atoms with Crippen molar-refractivity contribution in [3.8, 4) is 17.2 Å². The molecule has 3 atom stereocenters. The molecular formula is C60H68F3N9O11. The zero-order valence-electron chi connectivity index (χ0n) is 45.2. The molecule has 0 aliphatic heterocycles. The van der Waals surface area contributed by atoms with Gasteiger partial charge in [0.15, 0.2) is 34.0 Å². The number of hydrogen-bond acceptors (Lipinski definition) is 16. The number of nitrogens with two attached hydrogens (primary N) is 6. The number of phenols is 3. The normalized spacial score (nSPS) is 13.4. The Labute approximate surface area is 476 Å². The van der Waals surface area contributed by atoms with Gasteiger partial charge in [0.25, 0.3) is 17.7 Å². The lowest BCUT2D eigenvalue weighted by molar-refractivity contribution is -0.192. The van der Waals surface area contributed by atoms with Gasteiger partial charge in [-0.05, 0) is 167 Å².